The van der Waals surface area contributed by atoms with Crippen molar-refractivity contribution >= 4 is 40.0 Å². The predicted octanol–water partition coefficient (Wildman–Crippen LogP) is 5.90. The van der Waals surface area contributed by atoms with Crippen LogP contribution in [0.2, 0.25) is 5.02 Å². The number of aromatic nitrogens is 1. The van der Waals surface area contributed by atoms with Crippen molar-refractivity contribution in [1.82, 2.24) is 4.98 Å². The van der Waals surface area contributed by atoms with Crippen molar-refractivity contribution in [1.29, 1.82) is 0 Å². The lowest BCUT2D eigenvalue weighted by molar-refractivity contribution is 0.740. The van der Waals surface area contributed by atoms with Crippen LogP contribution in [0.3, 0.4) is 0 Å². The van der Waals surface area contributed by atoms with Gasteiger partial charge in [-0.25, -0.2) is 0 Å². The molecule has 0 bridgehead atoms. The summed E-state index contributed by atoms with van der Waals surface area (Å²) in [4.78, 5) is 8.16. The van der Waals surface area contributed by atoms with Crippen molar-refractivity contribution in [3.63, 3.8) is 0 Å². The maximum Gasteiger partial charge on any atom is 0.0674 e. The third kappa shape index (κ3) is 2.40. The lowest BCUT2D eigenvalue weighted by Crippen LogP contribution is -2.23. The highest BCUT2D eigenvalue weighted by Crippen LogP contribution is 2.40. The molecule has 1 aliphatic heterocycles. The summed E-state index contributed by atoms with van der Waals surface area (Å²) in [5, 5.41) is 1.90. The summed E-state index contributed by atoms with van der Waals surface area (Å²) in [5.41, 5.74) is 5.46. The van der Waals surface area contributed by atoms with E-state index in [0.717, 1.165) is 33.0 Å². The Balaban J connectivity index is 1.68. The van der Waals surface area contributed by atoms with Gasteiger partial charge in [0.2, 0.25) is 0 Å². The van der Waals surface area contributed by atoms with Crippen molar-refractivity contribution in [2.24, 2.45) is 4.99 Å². The first kappa shape index (κ1) is 14.3. The largest absolute Gasteiger partial charge is 0.355 e. The number of hydrogen-bond acceptors (Lipinski definition) is 1. The minimum atomic E-state index is -0.0670. The monoisotopic (exact) mass is 320 g/mol. The zero-order valence-corrected chi connectivity index (χ0v) is 13.9. The zero-order chi connectivity index (χ0) is 16.0. The van der Waals surface area contributed by atoms with Crippen LogP contribution in [0.15, 0.2) is 59.6 Å². The number of halogens is 1. The molecule has 0 aliphatic carbocycles. The summed E-state index contributed by atoms with van der Waals surface area (Å²) in [7, 11) is 0. The van der Waals surface area contributed by atoms with E-state index < -0.39 is 0 Å². The fourth-order valence-electron chi connectivity index (χ4n) is 3.13. The molecular formula is C20H17ClN2. The number of aliphatic imine (C=N–C) groups is 1. The van der Waals surface area contributed by atoms with E-state index in [2.05, 4.69) is 55.2 Å². The molecule has 23 heavy (non-hydrogen) atoms. The summed E-state index contributed by atoms with van der Waals surface area (Å²) in [6, 6.07) is 16.3. The summed E-state index contributed by atoms with van der Waals surface area (Å²) in [5.74, 6) is 0. The molecule has 1 aliphatic rings. The highest BCUT2D eigenvalue weighted by Gasteiger charge is 2.32. The molecule has 2 aromatic carbocycles. The third-order valence-corrected chi connectivity index (χ3v) is 4.72. The van der Waals surface area contributed by atoms with Crippen LogP contribution in [0.1, 0.15) is 25.1 Å². The van der Waals surface area contributed by atoms with Gasteiger partial charge in [0, 0.05) is 27.0 Å². The second kappa shape index (κ2) is 5.10. The number of aromatic amines is 1. The number of benzene rings is 2. The number of allylic oxidation sites excluding steroid dienone is 1. The number of nitrogens with zero attached hydrogens (tertiary/aromatic N) is 1. The van der Waals surface area contributed by atoms with Crippen LogP contribution in [0.5, 0.6) is 0 Å². The Morgan fingerprint density at radius 1 is 1.04 bits per heavy atom. The SMILES string of the molecule is CC1(C)C(/C=C/c2cc3ccc(Cl)cc3[nH]2)=Nc2ccccc21. The zero-order valence-electron chi connectivity index (χ0n) is 13.1. The number of rotatable bonds is 2. The van der Waals surface area contributed by atoms with E-state index in [-0.39, 0.29) is 5.41 Å². The molecule has 2 heterocycles. The van der Waals surface area contributed by atoms with E-state index in [1.807, 2.05) is 24.3 Å². The smallest absolute Gasteiger partial charge is 0.0674 e. The van der Waals surface area contributed by atoms with Crippen LogP contribution in [-0.2, 0) is 5.41 Å². The topological polar surface area (TPSA) is 28.1 Å². The van der Waals surface area contributed by atoms with Crippen molar-refractivity contribution in [2.75, 3.05) is 0 Å². The molecule has 0 fully saturated rings. The number of hydrogen-bond donors (Lipinski definition) is 1. The van der Waals surface area contributed by atoms with Gasteiger partial charge < -0.3 is 4.98 Å². The molecule has 0 saturated carbocycles. The van der Waals surface area contributed by atoms with E-state index in [1.54, 1.807) is 0 Å². The summed E-state index contributed by atoms with van der Waals surface area (Å²) >= 11 is 6.04. The van der Waals surface area contributed by atoms with Crippen molar-refractivity contribution in [3.8, 4) is 0 Å². The van der Waals surface area contributed by atoms with E-state index in [4.69, 9.17) is 16.6 Å². The second-order valence-electron chi connectivity index (χ2n) is 6.43. The molecule has 0 spiro atoms. The van der Waals surface area contributed by atoms with Gasteiger partial charge in [-0.2, -0.15) is 0 Å². The van der Waals surface area contributed by atoms with Gasteiger partial charge in [0.15, 0.2) is 0 Å². The molecule has 0 saturated heterocycles. The van der Waals surface area contributed by atoms with E-state index in [1.165, 1.54) is 5.56 Å². The van der Waals surface area contributed by atoms with Crippen molar-refractivity contribution in [3.05, 3.63) is 70.9 Å². The van der Waals surface area contributed by atoms with Crippen LogP contribution < -0.4 is 0 Å². The summed E-state index contributed by atoms with van der Waals surface area (Å²) < 4.78 is 0. The highest BCUT2D eigenvalue weighted by atomic mass is 35.5. The van der Waals surface area contributed by atoms with Gasteiger partial charge >= 0.3 is 0 Å². The first-order valence-corrected chi connectivity index (χ1v) is 8.07. The maximum atomic E-state index is 6.04. The van der Waals surface area contributed by atoms with Gasteiger partial charge in [-0.15, -0.1) is 0 Å². The molecular weight excluding hydrogens is 304 g/mol. The van der Waals surface area contributed by atoms with Crippen LogP contribution in [0, 0.1) is 0 Å². The fourth-order valence-corrected chi connectivity index (χ4v) is 3.31. The van der Waals surface area contributed by atoms with Gasteiger partial charge in [-0.1, -0.05) is 49.7 Å². The molecule has 0 unspecified atom stereocenters. The molecule has 1 aromatic heterocycles. The standard InChI is InChI=1S/C20H17ClN2/c1-20(2)16-5-3-4-6-17(16)23-19(20)10-9-15-11-13-7-8-14(21)12-18(13)22-15/h3-12,22H,1-2H3/b10-9+. The Morgan fingerprint density at radius 3 is 2.70 bits per heavy atom. The fraction of sp³-hybridized carbons (Fsp3) is 0.150. The number of nitrogens with one attached hydrogen (secondary N) is 1. The van der Waals surface area contributed by atoms with E-state index in [9.17, 15) is 0 Å². The summed E-state index contributed by atoms with van der Waals surface area (Å²) in [6.45, 7) is 4.43. The average molecular weight is 321 g/mol. The second-order valence-corrected chi connectivity index (χ2v) is 6.87. The van der Waals surface area contributed by atoms with Crippen molar-refractivity contribution < 1.29 is 0 Å². The predicted molar refractivity (Wildman–Crippen MR) is 98.9 cm³/mol. The minimum absolute atomic E-state index is 0.0670. The first-order chi connectivity index (χ1) is 11.0. The minimum Gasteiger partial charge on any atom is -0.355 e. The van der Waals surface area contributed by atoms with Crippen LogP contribution in [0.25, 0.3) is 17.0 Å². The Bertz CT molecular complexity index is 961. The molecule has 2 nitrogen and oxygen atoms in total. The van der Waals surface area contributed by atoms with E-state index in [0.29, 0.717) is 0 Å². The Morgan fingerprint density at radius 2 is 1.87 bits per heavy atom. The van der Waals surface area contributed by atoms with Gasteiger partial charge in [0.1, 0.15) is 0 Å². The normalized spacial score (nSPS) is 16.0. The van der Waals surface area contributed by atoms with Gasteiger partial charge in [0.05, 0.1) is 11.4 Å². The van der Waals surface area contributed by atoms with Gasteiger partial charge in [-0.05, 0) is 42.0 Å². The molecule has 0 radical (unpaired) electrons. The summed E-state index contributed by atoms with van der Waals surface area (Å²) in [6.07, 6.45) is 4.19. The molecule has 1 N–H and O–H groups in total. The van der Waals surface area contributed by atoms with E-state index >= 15 is 0 Å². The number of H-pyrrole nitrogens is 1. The molecule has 4 rings (SSSR count). The average Bonchev–Trinajstić information content (AvgIpc) is 3.03. The Hall–Kier alpha value is -2.32. The number of fused-ring (bicyclic) bond motifs is 2. The lowest BCUT2D eigenvalue weighted by atomic mass is 9.81. The first-order valence-electron chi connectivity index (χ1n) is 7.69. The molecule has 0 amide bonds. The maximum absolute atomic E-state index is 6.04. The Kier molecular flexibility index (Phi) is 3.17. The van der Waals surface area contributed by atoms with Crippen molar-refractivity contribution in [2.45, 2.75) is 19.3 Å². The Labute approximate surface area is 140 Å². The van der Waals surface area contributed by atoms with Crippen LogP contribution >= 0.6 is 11.6 Å². The molecule has 3 aromatic rings. The van der Waals surface area contributed by atoms with Crippen LogP contribution in [-0.4, -0.2) is 10.7 Å². The highest BCUT2D eigenvalue weighted by molar-refractivity contribution is 6.31. The number of para-hydroxylation sites is 1. The third-order valence-electron chi connectivity index (χ3n) is 4.48. The quantitative estimate of drug-likeness (QED) is 0.609. The molecule has 0 atom stereocenters. The lowest BCUT2D eigenvalue weighted by Gasteiger charge is -2.20. The van der Waals surface area contributed by atoms with Gasteiger partial charge in [-0.3, -0.25) is 4.99 Å². The molecule has 114 valence electrons. The van der Waals surface area contributed by atoms with Gasteiger partial charge in [0.25, 0.3) is 0 Å². The van der Waals surface area contributed by atoms with Crippen LogP contribution in [0.4, 0.5) is 5.69 Å². The molecule has 3 heteroatoms.